The maximum Gasteiger partial charge on any atom is 0.0531 e. The summed E-state index contributed by atoms with van der Waals surface area (Å²) in [4.78, 5) is 0. The number of anilines is 1. The fraction of sp³-hybridized carbons (Fsp3) is 0.467. The molecule has 16 heavy (non-hydrogen) atoms. The minimum Gasteiger partial charge on any atom is -0.376 e. The number of hydrogen-bond donors (Lipinski definition) is 1. The molecule has 0 amide bonds. The maximum absolute atomic E-state index is 3.64. The molecule has 0 aliphatic carbocycles. The molecule has 1 N–H and O–H groups in total. The summed E-state index contributed by atoms with van der Waals surface area (Å²) in [5.41, 5.74) is 5.60. The smallest absolute Gasteiger partial charge is 0.0531 e. The minimum absolute atomic E-state index is 0.119. The van der Waals surface area contributed by atoms with Crippen molar-refractivity contribution in [3.05, 3.63) is 35.4 Å². The molecular formula is C15H21N. The van der Waals surface area contributed by atoms with Gasteiger partial charge in [0.25, 0.3) is 0 Å². The number of fused-ring (bicyclic) bond motifs is 1. The van der Waals surface area contributed by atoms with Gasteiger partial charge >= 0.3 is 0 Å². The number of aryl methyl sites for hydroxylation is 1. The van der Waals surface area contributed by atoms with Gasteiger partial charge in [0, 0.05) is 11.3 Å². The summed E-state index contributed by atoms with van der Waals surface area (Å²) >= 11 is 0. The Bertz CT molecular complexity index is 431. The van der Waals surface area contributed by atoms with Crippen LogP contribution in [-0.2, 0) is 0 Å². The molecule has 1 aromatic rings. The van der Waals surface area contributed by atoms with Gasteiger partial charge in [0.1, 0.15) is 0 Å². The van der Waals surface area contributed by atoms with Crippen molar-refractivity contribution in [3.63, 3.8) is 0 Å². The van der Waals surface area contributed by atoms with Crippen LogP contribution in [0.2, 0.25) is 0 Å². The highest BCUT2D eigenvalue weighted by atomic mass is 15.0. The lowest BCUT2D eigenvalue weighted by atomic mass is 9.86. The van der Waals surface area contributed by atoms with Crippen LogP contribution in [0.3, 0.4) is 0 Å². The van der Waals surface area contributed by atoms with Crippen molar-refractivity contribution >= 4 is 11.3 Å². The molecule has 0 radical (unpaired) electrons. The van der Waals surface area contributed by atoms with Gasteiger partial charge in [-0.1, -0.05) is 31.6 Å². The number of allylic oxidation sites excluding steroid dienone is 1. The zero-order chi connectivity index (χ0) is 11.8. The summed E-state index contributed by atoms with van der Waals surface area (Å²) < 4.78 is 0. The molecule has 2 rings (SSSR count). The highest BCUT2D eigenvalue weighted by Crippen LogP contribution is 2.37. The zero-order valence-electron chi connectivity index (χ0n) is 10.7. The van der Waals surface area contributed by atoms with Crippen LogP contribution in [0.25, 0.3) is 5.57 Å². The van der Waals surface area contributed by atoms with Gasteiger partial charge in [0.05, 0.1) is 5.54 Å². The van der Waals surface area contributed by atoms with E-state index in [9.17, 15) is 0 Å². The molecule has 0 spiro atoms. The molecule has 1 aliphatic heterocycles. The van der Waals surface area contributed by atoms with Crippen LogP contribution in [0.5, 0.6) is 0 Å². The van der Waals surface area contributed by atoms with Crippen molar-refractivity contribution in [2.45, 2.75) is 46.1 Å². The summed E-state index contributed by atoms with van der Waals surface area (Å²) in [7, 11) is 0. The molecule has 1 heteroatoms. The Morgan fingerprint density at radius 3 is 2.62 bits per heavy atom. The van der Waals surface area contributed by atoms with E-state index in [4.69, 9.17) is 0 Å². The van der Waals surface area contributed by atoms with Gasteiger partial charge in [-0.25, -0.2) is 0 Å². The summed E-state index contributed by atoms with van der Waals surface area (Å²) in [5, 5.41) is 3.64. The van der Waals surface area contributed by atoms with Crippen molar-refractivity contribution in [1.82, 2.24) is 0 Å². The lowest BCUT2D eigenvalue weighted by Crippen LogP contribution is -2.34. The summed E-state index contributed by atoms with van der Waals surface area (Å²) in [6, 6.07) is 6.68. The quantitative estimate of drug-likeness (QED) is 0.772. The first kappa shape index (κ1) is 11.3. The molecule has 1 unspecified atom stereocenters. The van der Waals surface area contributed by atoms with Crippen molar-refractivity contribution in [3.8, 4) is 0 Å². The second-order valence-electron chi connectivity index (χ2n) is 4.97. The normalized spacial score (nSPS) is 23.4. The van der Waals surface area contributed by atoms with E-state index in [1.165, 1.54) is 22.4 Å². The van der Waals surface area contributed by atoms with E-state index in [-0.39, 0.29) is 5.54 Å². The Morgan fingerprint density at radius 1 is 1.25 bits per heavy atom. The van der Waals surface area contributed by atoms with E-state index in [0.29, 0.717) is 0 Å². The first-order valence-corrected chi connectivity index (χ1v) is 6.19. The van der Waals surface area contributed by atoms with E-state index in [0.717, 1.165) is 12.8 Å². The van der Waals surface area contributed by atoms with Crippen LogP contribution < -0.4 is 5.32 Å². The van der Waals surface area contributed by atoms with E-state index < -0.39 is 0 Å². The molecule has 1 aliphatic rings. The molecule has 86 valence electrons. The first-order chi connectivity index (χ1) is 7.58. The van der Waals surface area contributed by atoms with Crippen molar-refractivity contribution in [2.75, 3.05) is 5.32 Å². The third-order valence-electron chi connectivity index (χ3n) is 3.55. The highest BCUT2D eigenvalue weighted by Gasteiger charge is 2.25. The van der Waals surface area contributed by atoms with Gasteiger partial charge in [-0.2, -0.15) is 0 Å². The predicted octanol–water partition coefficient (Wildman–Crippen LogP) is 4.38. The standard InChI is InChI=1S/C15H21N/c1-5-12-10-15(4,6-2)16-14-8-7-11(3)9-13(12)14/h7-10,16H,5-6H2,1-4H3. The van der Waals surface area contributed by atoms with Crippen LogP contribution in [0.15, 0.2) is 24.3 Å². The SMILES string of the molecule is CCC1=CC(C)(CC)Nc2ccc(C)cc21. The second-order valence-corrected chi connectivity index (χ2v) is 4.97. The Balaban J connectivity index is 2.53. The molecule has 0 saturated heterocycles. The summed E-state index contributed by atoms with van der Waals surface area (Å²) in [5.74, 6) is 0. The van der Waals surface area contributed by atoms with Crippen LogP contribution in [0, 0.1) is 6.92 Å². The van der Waals surface area contributed by atoms with E-state index in [1.807, 2.05) is 0 Å². The lowest BCUT2D eigenvalue weighted by molar-refractivity contribution is 0.607. The van der Waals surface area contributed by atoms with Crippen molar-refractivity contribution < 1.29 is 0 Å². The second kappa shape index (κ2) is 3.97. The maximum atomic E-state index is 3.64. The Hall–Kier alpha value is -1.24. The largest absolute Gasteiger partial charge is 0.376 e. The fourth-order valence-electron chi connectivity index (χ4n) is 2.32. The van der Waals surface area contributed by atoms with Crippen LogP contribution in [0.4, 0.5) is 5.69 Å². The monoisotopic (exact) mass is 215 g/mol. The number of hydrogen-bond acceptors (Lipinski definition) is 1. The molecular weight excluding hydrogens is 194 g/mol. The Morgan fingerprint density at radius 2 is 2.00 bits per heavy atom. The van der Waals surface area contributed by atoms with Gasteiger partial charge in [-0.3, -0.25) is 0 Å². The lowest BCUT2D eigenvalue weighted by Gasteiger charge is -2.34. The molecule has 0 saturated carbocycles. The highest BCUT2D eigenvalue weighted by molar-refractivity contribution is 5.81. The topological polar surface area (TPSA) is 12.0 Å². The first-order valence-electron chi connectivity index (χ1n) is 6.19. The predicted molar refractivity (Wildman–Crippen MR) is 71.8 cm³/mol. The number of nitrogens with one attached hydrogen (secondary N) is 1. The molecule has 0 aromatic heterocycles. The van der Waals surface area contributed by atoms with Crippen LogP contribution >= 0.6 is 0 Å². The van der Waals surface area contributed by atoms with Crippen molar-refractivity contribution in [1.29, 1.82) is 0 Å². The average Bonchev–Trinajstić information content (AvgIpc) is 2.29. The summed E-state index contributed by atoms with van der Waals surface area (Å²) in [6.07, 6.45) is 4.62. The molecule has 1 nitrogen and oxygen atoms in total. The molecule has 0 fully saturated rings. The number of benzene rings is 1. The van der Waals surface area contributed by atoms with E-state index in [1.54, 1.807) is 0 Å². The Labute approximate surface area is 98.6 Å². The van der Waals surface area contributed by atoms with Gasteiger partial charge in [-0.05, 0) is 44.4 Å². The third kappa shape index (κ3) is 1.87. The molecule has 1 aromatic carbocycles. The fourth-order valence-corrected chi connectivity index (χ4v) is 2.32. The number of rotatable bonds is 2. The molecule has 1 atom stereocenters. The van der Waals surface area contributed by atoms with Gasteiger partial charge in [0.15, 0.2) is 0 Å². The third-order valence-corrected chi connectivity index (χ3v) is 3.55. The van der Waals surface area contributed by atoms with E-state index in [2.05, 4.69) is 57.3 Å². The van der Waals surface area contributed by atoms with Gasteiger partial charge < -0.3 is 5.32 Å². The van der Waals surface area contributed by atoms with Gasteiger partial charge in [-0.15, -0.1) is 0 Å². The van der Waals surface area contributed by atoms with E-state index >= 15 is 0 Å². The molecule has 1 heterocycles. The molecule has 0 bridgehead atoms. The van der Waals surface area contributed by atoms with Crippen LogP contribution in [-0.4, -0.2) is 5.54 Å². The van der Waals surface area contributed by atoms with Crippen LogP contribution in [0.1, 0.15) is 44.7 Å². The Kier molecular flexibility index (Phi) is 2.79. The average molecular weight is 215 g/mol. The van der Waals surface area contributed by atoms with Crippen molar-refractivity contribution in [2.24, 2.45) is 0 Å². The zero-order valence-corrected chi connectivity index (χ0v) is 10.7. The minimum atomic E-state index is 0.119. The summed E-state index contributed by atoms with van der Waals surface area (Å²) in [6.45, 7) is 8.89. The van der Waals surface area contributed by atoms with Gasteiger partial charge in [0.2, 0.25) is 0 Å².